The molecule has 0 aliphatic carbocycles. The summed E-state index contributed by atoms with van der Waals surface area (Å²) in [4.78, 5) is 34.7. The van der Waals surface area contributed by atoms with Gasteiger partial charge in [0.25, 0.3) is 5.91 Å². The fourth-order valence-electron chi connectivity index (χ4n) is 3.57. The van der Waals surface area contributed by atoms with E-state index in [4.69, 9.17) is 18.9 Å². The summed E-state index contributed by atoms with van der Waals surface area (Å²) in [5.41, 5.74) is 0.513. The van der Waals surface area contributed by atoms with Gasteiger partial charge in [-0.15, -0.1) is 0 Å². The van der Waals surface area contributed by atoms with E-state index >= 15 is 0 Å². The molecule has 1 aliphatic rings. The predicted octanol–water partition coefficient (Wildman–Crippen LogP) is 2.70. The molecule has 3 rings (SSSR count). The van der Waals surface area contributed by atoms with Crippen LogP contribution in [0.2, 0.25) is 0 Å². The summed E-state index contributed by atoms with van der Waals surface area (Å²) in [6.07, 6.45) is 1.57. The van der Waals surface area contributed by atoms with Gasteiger partial charge in [0, 0.05) is 36.9 Å². The Kier molecular flexibility index (Phi) is 9.85. The Morgan fingerprint density at radius 2 is 1.82 bits per heavy atom. The molecule has 2 N–H and O–H groups in total. The number of carbonyl (C=O) groups is 2. The Balaban J connectivity index is 1.34. The van der Waals surface area contributed by atoms with Crippen LogP contribution in [0.15, 0.2) is 35.2 Å². The SMILES string of the molecule is COc1cc(NC(=O)COC(=O)CCCCCNS(=O)(=O)c2ccc3c(c2)OCCO3)c(C)cc1[N+](=O)[O-]. The number of aryl methyl sites for hydroxylation is 1. The highest BCUT2D eigenvalue weighted by Crippen LogP contribution is 2.33. The normalized spacial score (nSPS) is 12.5. The number of nitrogens with one attached hydrogen (secondary N) is 2. The van der Waals surface area contributed by atoms with Gasteiger partial charge in [-0.2, -0.15) is 0 Å². The molecule has 0 bridgehead atoms. The number of sulfonamides is 1. The molecule has 38 heavy (non-hydrogen) atoms. The number of esters is 1. The molecule has 0 aromatic heterocycles. The molecule has 13 nitrogen and oxygen atoms in total. The van der Waals surface area contributed by atoms with E-state index in [2.05, 4.69) is 10.0 Å². The van der Waals surface area contributed by atoms with E-state index in [-0.39, 0.29) is 29.3 Å². The maximum Gasteiger partial charge on any atom is 0.311 e. The molecule has 0 saturated heterocycles. The minimum Gasteiger partial charge on any atom is -0.490 e. The number of benzene rings is 2. The van der Waals surface area contributed by atoms with Crippen LogP contribution in [-0.4, -0.2) is 58.7 Å². The summed E-state index contributed by atoms with van der Waals surface area (Å²) in [7, 11) is -2.44. The van der Waals surface area contributed by atoms with Crippen LogP contribution in [-0.2, 0) is 24.3 Å². The Morgan fingerprint density at radius 3 is 2.53 bits per heavy atom. The first-order valence-electron chi connectivity index (χ1n) is 11.8. The summed E-state index contributed by atoms with van der Waals surface area (Å²) in [6.45, 7) is 2.02. The lowest BCUT2D eigenvalue weighted by Crippen LogP contribution is -2.25. The molecular weight excluding hydrogens is 522 g/mol. The van der Waals surface area contributed by atoms with E-state index in [1.165, 1.54) is 31.4 Å². The number of nitro groups is 1. The van der Waals surface area contributed by atoms with E-state index < -0.39 is 33.4 Å². The van der Waals surface area contributed by atoms with Gasteiger partial charge in [-0.1, -0.05) is 6.42 Å². The number of nitrogens with zero attached hydrogens (tertiary/aromatic N) is 1. The van der Waals surface area contributed by atoms with Crippen LogP contribution < -0.4 is 24.2 Å². The Hall–Kier alpha value is -3.91. The lowest BCUT2D eigenvalue weighted by Gasteiger charge is -2.18. The van der Waals surface area contributed by atoms with Crippen molar-refractivity contribution in [3.8, 4) is 17.2 Å². The number of hydrogen-bond acceptors (Lipinski definition) is 10. The van der Waals surface area contributed by atoms with Crippen molar-refractivity contribution >= 4 is 33.3 Å². The van der Waals surface area contributed by atoms with Gasteiger partial charge in [-0.3, -0.25) is 19.7 Å². The van der Waals surface area contributed by atoms with Crippen molar-refractivity contribution in [2.24, 2.45) is 0 Å². The number of carbonyl (C=O) groups excluding carboxylic acids is 2. The van der Waals surface area contributed by atoms with Crippen LogP contribution in [0.25, 0.3) is 0 Å². The summed E-state index contributed by atoms with van der Waals surface area (Å²) < 4.78 is 48.3. The van der Waals surface area contributed by atoms with Crippen LogP contribution in [0.3, 0.4) is 0 Å². The van der Waals surface area contributed by atoms with Gasteiger partial charge in [0.2, 0.25) is 10.0 Å². The number of amides is 1. The van der Waals surface area contributed by atoms with Gasteiger partial charge in [0.05, 0.1) is 16.9 Å². The summed E-state index contributed by atoms with van der Waals surface area (Å²) >= 11 is 0. The minimum atomic E-state index is -3.72. The molecule has 0 unspecified atom stereocenters. The maximum absolute atomic E-state index is 12.5. The molecule has 0 fully saturated rings. The molecule has 206 valence electrons. The third-order valence-electron chi connectivity index (χ3n) is 5.53. The fraction of sp³-hybridized carbons (Fsp3) is 0.417. The highest BCUT2D eigenvalue weighted by atomic mass is 32.2. The second-order valence-electron chi connectivity index (χ2n) is 8.32. The summed E-state index contributed by atoms with van der Waals surface area (Å²) in [6, 6.07) is 7.02. The van der Waals surface area contributed by atoms with Crippen LogP contribution in [0.1, 0.15) is 31.2 Å². The van der Waals surface area contributed by atoms with Gasteiger partial charge in [-0.25, -0.2) is 13.1 Å². The zero-order valence-corrected chi connectivity index (χ0v) is 21.8. The van der Waals surface area contributed by atoms with Crippen molar-refractivity contribution in [2.75, 3.05) is 38.8 Å². The number of rotatable bonds is 13. The van der Waals surface area contributed by atoms with Crippen LogP contribution in [0, 0.1) is 17.0 Å². The zero-order valence-electron chi connectivity index (χ0n) is 21.0. The average Bonchev–Trinajstić information content (AvgIpc) is 2.89. The largest absolute Gasteiger partial charge is 0.490 e. The Labute approximate surface area is 219 Å². The third kappa shape index (κ3) is 7.79. The molecule has 0 spiro atoms. The van der Waals surface area contributed by atoms with Crippen molar-refractivity contribution in [1.82, 2.24) is 4.72 Å². The molecule has 2 aromatic rings. The van der Waals surface area contributed by atoms with Crippen LogP contribution >= 0.6 is 0 Å². The van der Waals surface area contributed by atoms with Crippen LogP contribution in [0.5, 0.6) is 17.2 Å². The average molecular weight is 552 g/mol. The maximum atomic E-state index is 12.5. The van der Waals surface area contributed by atoms with E-state index in [0.717, 1.165) is 0 Å². The number of anilines is 1. The number of ether oxygens (including phenoxy) is 4. The second-order valence-corrected chi connectivity index (χ2v) is 10.1. The van der Waals surface area contributed by atoms with Crippen molar-refractivity contribution in [2.45, 2.75) is 37.5 Å². The highest BCUT2D eigenvalue weighted by molar-refractivity contribution is 7.89. The first-order chi connectivity index (χ1) is 18.1. The van der Waals surface area contributed by atoms with Crippen LogP contribution in [0.4, 0.5) is 11.4 Å². The summed E-state index contributed by atoms with van der Waals surface area (Å²) in [5.74, 6) is -0.308. The first-order valence-corrected chi connectivity index (χ1v) is 13.3. The first kappa shape index (κ1) is 28.7. The standard InChI is InChI=1S/C24H29N3O10S/c1-16-12-19(27(30)31)21(34-2)14-18(16)26-23(28)15-37-24(29)6-4-3-5-9-25-38(32,33)17-7-8-20-22(13-17)36-11-10-35-20/h7-8,12-14,25H,3-6,9-11,15H2,1-2H3,(H,26,28). The molecule has 14 heteroatoms. The van der Waals surface area contributed by atoms with E-state index in [1.807, 2.05) is 0 Å². The molecule has 1 heterocycles. The van der Waals surface area contributed by atoms with E-state index in [0.29, 0.717) is 55.2 Å². The Morgan fingerprint density at radius 1 is 1.08 bits per heavy atom. The Bertz CT molecular complexity index is 1300. The number of nitro benzene ring substituents is 1. The summed E-state index contributed by atoms with van der Waals surface area (Å²) in [5, 5.41) is 13.6. The van der Waals surface area contributed by atoms with E-state index in [1.54, 1.807) is 13.0 Å². The van der Waals surface area contributed by atoms with E-state index in [9.17, 15) is 28.1 Å². The van der Waals surface area contributed by atoms with Crippen molar-refractivity contribution < 1.29 is 41.9 Å². The monoisotopic (exact) mass is 551 g/mol. The smallest absolute Gasteiger partial charge is 0.311 e. The highest BCUT2D eigenvalue weighted by Gasteiger charge is 2.20. The van der Waals surface area contributed by atoms with Gasteiger partial charge in [-0.05, 0) is 37.5 Å². The second kappa shape index (κ2) is 13.1. The van der Waals surface area contributed by atoms with Crippen molar-refractivity contribution in [1.29, 1.82) is 0 Å². The molecule has 0 saturated carbocycles. The quantitative estimate of drug-likeness (QED) is 0.163. The number of unbranched alkanes of at least 4 members (excludes halogenated alkanes) is 2. The van der Waals surface area contributed by atoms with Gasteiger partial charge in [0.1, 0.15) is 13.2 Å². The topological polar surface area (TPSA) is 172 Å². The minimum absolute atomic E-state index is 0.0125. The molecule has 2 aromatic carbocycles. The van der Waals surface area contributed by atoms with Gasteiger partial charge in [0.15, 0.2) is 23.9 Å². The number of methoxy groups -OCH3 is 1. The lowest BCUT2D eigenvalue weighted by molar-refractivity contribution is -0.385. The van der Waals surface area contributed by atoms with Crippen molar-refractivity contribution in [3.63, 3.8) is 0 Å². The lowest BCUT2D eigenvalue weighted by atomic mass is 10.1. The van der Waals surface area contributed by atoms with Crippen molar-refractivity contribution in [3.05, 3.63) is 46.0 Å². The molecular formula is C24H29N3O10S. The fourth-order valence-corrected chi connectivity index (χ4v) is 4.66. The van der Waals surface area contributed by atoms with Gasteiger partial charge >= 0.3 is 11.7 Å². The number of hydrogen-bond donors (Lipinski definition) is 2. The molecule has 0 radical (unpaired) electrons. The zero-order chi connectivity index (χ0) is 27.7. The predicted molar refractivity (Wildman–Crippen MR) is 135 cm³/mol. The van der Waals surface area contributed by atoms with Gasteiger partial charge < -0.3 is 24.3 Å². The molecule has 0 atom stereocenters. The third-order valence-corrected chi connectivity index (χ3v) is 6.99. The number of fused-ring (bicyclic) bond motifs is 1. The molecule has 1 amide bonds. The molecule has 1 aliphatic heterocycles.